The van der Waals surface area contributed by atoms with E-state index in [1.54, 1.807) is 0 Å². The lowest BCUT2D eigenvalue weighted by molar-refractivity contribution is 0.601. The van der Waals surface area contributed by atoms with E-state index in [-0.39, 0.29) is 10.7 Å². The number of pyridine rings is 1. The number of sulfonamides is 1. The zero-order chi connectivity index (χ0) is 14.9. The predicted molar refractivity (Wildman–Crippen MR) is 83.1 cm³/mol. The third-order valence-electron chi connectivity index (χ3n) is 2.82. The van der Waals surface area contributed by atoms with Crippen LogP contribution < -0.4 is 10.5 Å². The molecule has 106 valence electrons. The third-order valence-corrected chi connectivity index (χ3v) is 4.68. The Bertz CT molecular complexity index is 737. The van der Waals surface area contributed by atoms with Gasteiger partial charge in [-0.05, 0) is 49.2 Å². The van der Waals surface area contributed by atoms with Gasteiger partial charge in [-0.15, -0.1) is 0 Å². The fourth-order valence-electron chi connectivity index (χ4n) is 1.89. The molecule has 5 nitrogen and oxygen atoms in total. The maximum Gasteiger partial charge on any atom is 0.265 e. The number of rotatable bonds is 3. The number of benzene rings is 1. The molecule has 0 fully saturated rings. The molecule has 1 aromatic heterocycles. The number of hydrogen-bond acceptors (Lipinski definition) is 4. The molecule has 3 N–H and O–H groups in total. The third kappa shape index (κ3) is 2.94. The highest BCUT2D eigenvalue weighted by atomic mass is 79.9. The summed E-state index contributed by atoms with van der Waals surface area (Å²) < 4.78 is 28.2. The second-order valence-corrected chi connectivity index (χ2v) is 6.97. The predicted octanol–water partition coefficient (Wildman–Crippen LogP) is 2.84. The first kappa shape index (κ1) is 14.8. The van der Waals surface area contributed by atoms with E-state index in [1.165, 1.54) is 18.3 Å². The quantitative estimate of drug-likeness (QED) is 0.886. The number of nitrogens with two attached hydrogens (primary N) is 1. The van der Waals surface area contributed by atoms with Crippen LogP contribution in [-0.2, 0) is 10.0 Å². The summed E-state index contributed by atoms with van der Waals surface area (Å²) in [6.07, 6.45) is 1.45. The molecule has 2 rings (SSSR count). The van der Waals surface area contributed by atoms with Gasteiger partial charge in [0.2, 0.25) is 0 Å². The minimum Gasteiger partial charge on any atom is -0.383 e. The Kier molecular flexibility index (Phi) is 4.01. The van der Waals surface area contributed by atoms with Crippen LogP contribution in [0.3, 0.4) is 0 Å². The van der Waals surface area contributed by atoms with Crippen molar-refractivity contribution in [1.82, 2.24) is 4.98 Å². The molecule has 1 aromatic carbocycles. The SMILES string of the molecule is Cc1cc(Br)cc(C)c1NS(=O)(=O)c1cccnc1N. The molecule has 0 saturated carbocycles. The van der Waals surface area contributed by atoms with Crippen LogP contribution in [0.25, 0.3) is 0 Å². The molecule has 0 aliphatic heterocycles. The van der Waals surface area contributed by atoms with E-state index in [2.05, 4.69) is 25.6 Å². The summed E-state index contributed by atoms with van der Waals surface area (Å²) in [6.45, 7) is 3.67. The topological polar surface area (TPSA) is 85.1 Å². The van der Waals surface area contributed by atoms with Crippen LogP contribution in [-0.4, -0.2) is 13.4 Å². The summed E-state index contributed by atoms with van der Waals surface area (Å²) in [4.78, 5) is 3.77. The van der Waals surface area contributed by atoms with Crippen molar-refractivity contribution in [2.45, 2.75) is 18.7 Å². The van der Waals surface area contributed by atoms with Crippen LogP contribution in [0.2, 0.25) is 0 Å². The van der Waals surface area contributed by atoms with E-state index in [9.17, 15) is 8.42 Å². The Balaban J connectivity index is 2.47. The first-order valence-corrected chi connectivity index (χ1v) is 8.09. The van der Waals surface area contributed by atoms with Crippen molar-refractivity contribution >= 4 is 37.5 Å². The van der Waals surface area contributed by atoms with Crippen molar-refractivity contribution in [1.29, 1.82) is 0 Å². The lowest BCUT2D eigenvalue weighted by Gasteiger charge is -2.14. The minimum absolute atomic E-state index is 0.0209. The highest BCUT2D eigenvalue weighted by molar-refractivity contribution is 9.10. The van der Waals surface area contributed by atoms with Gasteiger partial charge < -0.3 is 5.73 Å². The Morgan fingerprint density at radius 2 is 1.85 bits per heavy atom. The second kappa shape index (κ2) is 5.41. The molecule has 0 aliphatic carbocycles. The lowest BCUT2D eigenvalue weighted by Crippen LogP contribution is -2.16. The number of anilines is 2. The number of nitrogens with one attached hydrogen (secondary N) is 1. The number of aromatic nitrogens is 1. The summed E-state index contributed by atoms with van der Waals surface area (Å²) >= 11 is 3.38. The number of nitrogens with zero attached hydrogens (tertiary/aromatic N) is 1. The highest BCUT2D eigenvalue weighted by Crippen LogP contribution is 2.28. The summed E-state index contributed by atoms with van der Waals surface area (Å²) in [6, 6.07) is 6.65. The molecule has 7 heteroatoms. The van der Waals surface area contributed by atoms with Gasteiger partial charge in [0.15, 0.2) is 0 Å². The minimum atomic E-state index is -3.75. The lowest BCUT2D eigenvalue weighted by atomic mass is 10.1. The van der Waals surface area contributed by atoms with Crippen molar-refractivity contribution < 1.29 is 8.42 Å². The molecule has 2 aromatic rings. The van der Waals surface area contributed by atoms with Crippen molar-refractivity contribution in [3.05, 3.63) is 46.1 Å². The number of hydrogen-bond donors (Lipinski definition) is 2. The molecule has 0 radical (unpaired) electrons. The Labute approximate surface area is 126 Å². The van der Waals surface area contributed by atoms with Crippen LogP contribution in [0.4, 0.5) is 11.5 Å². The molecule has 0 amide bonds. The molecule has 0 aliphatic rings. The number of aryl methyl sites for hydroxylation is 2. The molecule has 0 atom stereocenters. The summed E-state index contributed by atoms with van der Waals surface area (Å²) in [5.74, 6) is -0.0209. The number of halogens is 1. The van der Waals surface area contributed by atoms with Gasteiger partial charge >= 0.3 is 0 Å². The zero-order valence-corrected chi connectivity index (χ0v) is 13.4. The maximum atomic E-state index is 12.4. The van der Waals surface area contributed by atoms with E-state index in [1.807, 2.05) is 26.0 Å². The normalized spacial score (nSPS) is 11.3. The Hall–Kier alpha value is -1.60. The van der Waals surface area contributed by atoms with Crippen LogP contribution >= 0.6 is 15.9 Å². The fraction of sp³-hybridized carbons (Fsp3) is 0.154. The van der Waals surface area contributed by atoms with Crippen molar-refractivity contribution in [3.8, 4) is 0 Å². The van der Waals surface area contributed by atoms with Gasteiger partial charge in [0.25, 0.3) is 10.0 Å². The van der Waals surface area contributed by atoms with Gasteiger partial charge in [-0.3, -0.25) is 4.72 Å². The van der Waals surface area contributed by atoms with Crippen LogP contribution in [0.5, 0.6) is 0 Å². The van der Waals surface area contributed by atoms with Crippen molar-refractivity contribution in [2.75, 3.05) is 10.5 Å². The smallest absolute Gasteiger partial charge is 0.265 e. The highest BCUT2D eigenvalue weighted by Gasteiger charge is 2.19. The van der Waals surface area contributed by atoms with Gasteiger partial charge in [-0.25, -0.2) is 13.4 Å². The van der Waals surface area contributed by atoms with Gasteiger partial charge in [-0.2, -0.15) is 0 Å². The fourth-order valence-corrected chi connectivity index (χ4v) is 3.86. The van der Waals surface area contributed by atoms with Crippen LogP contribution in [0.1, 0.15) is 11.1 Å². The largest absolute Gasteiger partial charge is 0.383 e. The molecule has 0 bridgehead atoms. The average molecular weight is 356 g/mol. The molecule has 0 unspecified atom stereocenters. The summed E-state index contributed by atoms with van der Waals surface area (Å²) in [5, 5.41) is 0. The standard InChI is InChI=1S/C13H14BrN3O2S/c1-8-6-10(14)7-9(2)12(8)17-20(18,19)11-4-3-5-16-13(11)15/h3-7,17H,1-2H3,(H2,15,16). The first-order valence-electron chi connectivity index (χ1n) is 5.81. The van der Waals surface area contributed by atoms with Gasteiger partial charge in [0.05, 0.1) is 5.69 Å². The number of nitrogen functional groups attached to an aromatic ring is 1. The van der Waals surface area contributed by atoms with E-state index in [0.717, 1.165) is 15.6 Å². The summed E-state index contributed by atoms with van der Waals surface area (Å²) in [7, 11) is -3.75. The van der Waals surface area contributed by atoms with Crippen LogP contribution in [0, 0.1) is 13.8 Å². The maximum absolute atomic E-state index is 12.4. The van der Waals surface area contributed by atoms with Crippen LogP contribution in [0.15, 0.2) is 39.8 Å². The summed E-state index contributed by atoms with van der Waals surface area (Å²) in [5.41, 5.74) is 7.82. The molecular formula is C13H14BrN3O2S. The first-order chi connectivity index (χ1) is 9.31. The molecule has 1 heterocycles. The van der Waals surface area contributed by atoms with Gasteiger partial charge in [0, 0.05) is 10.7 Å². The van der Waals surface area contributed by atoms with E-state index < -0.39 is 10.0 Å². The molecule has 0 saturated heterocycles. The zero-order valence-electron chi connectivity index (χ0n) is 11.0. The molecule has 20 heavy (non-hydrogen) atoms. The van der Waals surface area contributed by atoms with E-state index in [4.69, 9.17) is 5.73 Å². The Morgan fingerprint density at radius 3 is 2.40 bits per heavy atom. The van der Waals surface area contributed by atoms with Gasteiger partial charge in [-0.1, -0.05) is 15.9 Å². The molecular weight excluding hydrogens is 342 g/mol. The van der Waals surface area contributed by atoms with Gasteiger partial charge in [0.1, 0.15) is 10.7 Å². The average Bonchev–Trinajstić information content (AvgIpc) is 2.34. The Morgan fingerprint density at radius 1 is 1.25 bits per heavy atom. The second-order valence-electron chi connectivity index (χ2n) is 4.41. The van der Waals surface area contributed by atoms with E-state index in [0.29, 0.717) is 5.69 Å². The van der Waals surface area contributed by atoms with E-state index >= 15 is 0 Å². The van der Waals surface area contributed by atoms with Crippen molar-refractivity contribution in [2.24, 2.45) is 0 Å². The molecule has 0 spiro atoms. The monoisotopic (exact) mass is 355 g/mol. The van der Waals surface area contributed by atoms with Crippen molar-refractivity contribution in [3.63, 3.8) is 0 Å².